The van der Waals surface area contributed by atoms with E-state index in [0.29, 0.717) is 19.4 Å². The molecule has 1 aromatic rings. The van der Waals surface area contributed by atoms with E-state index in [0.717, 1.165) is 5.56 Å². The van der Waals surface area contributed by atoms with Crippen LogP contribution in [-0.2, 0) is 20.9 Å². The molecule has 1 fully saturated rings. The molecule has 0 bridgehead atoms. The largest absolute Gasteiger partial charge is 0.460 e. The molecule has 1 atom stereocenters. The Balaban J connectivity index is 1.86. The zero-order chi connectivity index (χ0) is 13.0. The molecule has 2 rings (SSSR count). The summed E-state index contributed by atoms with van der Waals surface area (Å²) in [5.41, 5.74) is 0.973. The lowest BCUT2D eigenvalue weighted by Gasteiger charge is -2.29. The predicted octanol–water partition coefficient (Wildman–Crippen LogP) is 1.39. The lowest BCUT2D eigenvalue weighted by molar-refractivity contribution is -0.152. The van der Waals surface area contributed by atoms with Crippen molar-refractivity contribution in [2.75, 3.05) is 13.6 Å². The van der Waals surface area contributed by atoms with Gasteiger partial charge in [-0.2, -0.15) is 0 Å². The monoisotopic (exact) mass is 247 g/mol. The Morgan fingerprint density at radius 1 is 1.39 bits per heavy atom. The number of likely N-dealkylation sites (N-methyl/N-ethyl adjacent to an activating group) is 1. The molecule has 1 heterocycles. The molecular formula is C14H17NO3. The molecule has 4 nitrogen and oxygen atoms in total. The van der Waals surface area contributed by atoms with Gasteiger partial charge in [-0.05, 0) is 19.0 Å². The summed E-state index contributed by atoms with van der Waals surface area (Å²) >= 11 is 0. The molecular weight excluding hydrogens is 230 g/mol. The number of benzene rings is 1. The molecule has 0 aromatic heterocycles. The normalized spacial score (nSPS) is 20.7. The van der Waals surface area contributed by atoms with Gasteiger partial charge in [0.2, 0.25) is 0 Å². The Morgan fingerprint density at radius 2 is 2.11 bits per heavy atom. The summed E-state index contributed by atoms with van der Waals surface area (Å²) in [5.74, 6) is -0.0570. The highest BCUT2D eigenvalue weighted by atomic mass is 16.5. The second-order valence-electron chi connectivity index (χ2n) is 4.60. The minimum absolute atomic E-state index is 0.185. The number of hydrogen-bond acceptors (Lipinski definition) is 4. The highest BCUT2D eigenvalue weighted by molar-refractivity contribution is 5.85. The average Bonchev–Trinajstić information content (AvgIpc) is 2.37. The summed E-state index contributed by atoms with van der Waals surface area (Å²) in [6, 6.07) is 9.30. The maximum atomic E-state index is 11.9. The van der Waals surface area contributed by atoms with E-state index in [2.05, 4.69) is 0 Å². The van der Waals surface area contributed by atoms with Crippen molar-refractivity contribution >= 4 is 11.8 Å². The minimum Gasteiger partial charge on any atom is -0.460 e. The Labute approximate surface area is 107 Å². The molecule has 1 aromatic carbocycles. The van der Waals surface area contributed by atoms with Crippen molar-refractivity contribution in [3.8, 4) is 0 Å². The van der Waals surface area contributed by atoms with Crippen LogP contribution in [0.1, 0.15) is 18.4 Å². The van der Waals surface area contributed by atoms with Gasteiger partial charge in [-0.25, -0.2) is 0 Å². The van der Waals surface area contributed by atoms with E-state index in [1.165, 1.54) is 0 Å². The summed E-state index contributed by atoms with van der Waals surface area (Å²) in [4.78, 5) is 24.9. The minimum atomic E-state index is -0.286. The summed E-state index contributed by atoms with van der Waals surface area (Å²) in [6.45, 7) is 0.628. The fraction of sp³-hybridized carbons (Fsp3) is 0.429. The van der Waals surface area contributed by atoms with Crippen LogP contribution in [0.4, 0.5) is 0 Å². The van der Waals surface area contributed by atoms with E-state index < -0.39 is 0 Å². The molecule has 96 valence electrons. The van der Waals surface area contributed by atoms with Crippen LogP contribution in [0, 0.1) is 0 Å². The van der Waals surface area contributed by atoms with Crippen molar-refractivity contribution in [2.24, 2.45) is 0 Å². The van der Waals surface area contributed by atoms with Gasteiger partial charge < -0.3 is 4.74 Å². The molecule has 0 N–H and O–H groups in total. The molecule has 1 unspecified atom stereocenters. The van der Waals surface area contributed by atoms with Crippen molar-refractivity contribution in [3.63, 3.8) is 0 Å². The Bertz CT molecular complexity index is 430. The second kappa shape index (κ2) is 5.78. The van der Waals surface area contributed by atoms with Crippen LogP contribution in [0.2, 0.25) is 0 Å². The number of piperidine rings is 1. The molecule has 0 radical (unpaired) electrons. The smallest absolute Gasteiger partial charge is 0.323 e. The number of Topliss-reactive ketones (excluding diaryl/α,β-unsaturated/α-hetero) is 1. The fourth-order valence-electron chi connectivity index (χ4n) is 2.11. The van der Waals surface area contributed by atoms with E-state index in [9.17, 15) is 9.59 Å². The predicted molar refractivity (Wildman–Crippen MR) is 66.9 cm³/mol. The first-order valence-electron chi connectivity index (χ1n) is 6.09. The molecule has 1 saturated heterocycles. The average molecular weight is 247 g/mol. The molecule has 0 amide bonds. The van der Waals surface area contributed by atoms with Crippen LogP contribution in [0.3, 0.4) is 0 Å². The topological polar surface area (TPSA) is 46.6 Å². The van der Waals surface area contributed by atoms with E-state index in [4.69, 9.17) is 4.74 Å². The van der Waals surface area contributed by atoms with Crippen LogP contribution in [0.15, 0.2) is 30.3 Å². The zero-order valence-electron chi connectivity index (χ0n) is 10.5. The molecule has 18 heavy (non-hydrogen) atoms. The third-order valence-corrected chi connectivity index (χ3v) is 3.15. The van der Waals surface area contributed by atoms with E-state index in [1.54, 1.807) is 11.9 Å². The molecule has 1 aliphatic heterocycles. The van der Waals surface area contributed by atoms with Crippen molar-refractivity contribution in [1.29, 1.82) is 0 Å². The number of likely N-dealkylation sites (tertiary alicyclic amines) is 1. The summed E-state index contributed by atoms with van der Waals surface area (Å²) in [5, 5.41) is 0. The molecule has 0 spiro atoms. The molecule has 0 aliphatic carbocycles. The summed E-state index contributed by atoms with van der Waals surface area (Å²) < 4.78 is 5.28. The van der Waals surface area contributed by atoms with Crippen LogP contribution in [0.25, 0.3) is 0 Å². The third kappa shape index (κ3) is 3.17. The third-order valence-electron chi connectivity index (χ3n) is 3.15. The maximum Gasteiger partial charge on any atom is 0.323 e. The first-order valence-corrected chi connectivity index (χ1v) is 6.09. The first kappa shape index (κ1) is 12.8. The van der Waals surface area contributed by atoms with Crippen molar-refractivity contribution in [3.05, 3.63) is 35.9 Å². The van der Waals surface area contributed by atoms with E-state index in [-0.39, 0.29) is 24.4 Å². The standard InChI is InChI=1S/C14H17NO3/c1-15-9-12(16)7-8-13(15)14(17)18-10-11-5-3-2-4-6-11/h2-6,13H,7-10H2,1H3. The lowest BCUT2D eigenvalue weighted by Crippen LogP contribution is -2.46. The van der Waals surface area contributed by atoms with Crippen molar-refractivity contribution in [2.45, 2.75) is 25.5 Å². The Kier molecular flexibility index (Phi) is 4.10. The summed E-state index contributed by atoms with van der Waals surface area (Å²) in [6.07, 6.45) is 1.03. The van der Waals surface area contributed by atoms with Crippen LogP contribution < -0.4 is 0 Å². The van der Waals surface area contributed by atoms with Gasteiger partial charge in [-0.3, -0.25) is 14.5 Å². The fourth-order valence-corrected chi connectivity index (χ4v) is 2.11. The van der Waals surface area contributed by atoms with Gasteiger partial charge in [0.15, 0.2) is 0 Å². The van der Waals surface area contributed by atoms with Crippen LogP contribution in [-0.4, -0.2) is 36.3 Å². The first-order chi connectivity index (χ1) is 8.66. The number of hydrogen-bond donors (Lipinski definition) is 0. The van der Waals surface area contributed by atoms with Gasteiger partial charge >= 0.3 is 5.97 Å². The van der Waals surface area contributed by atoms with Crippen LogP contribution in [0.5, 0.6) is 0 Å². The molecule has 1 aliphatic rings. The number of ketones is 1. The number of ether oxygens (including phenoxy) is 1. The van der Waals surface area contributed by atoms with Gasteiger partial charge in [0, 0.05) is 6.42 Å². The van der Waals surface area contributed by atoms with Gasteiger partial charge in [-0.1, -0.05) is 30.3 Å². The van der Waals surface area contributed by atoms with E-state index in [1.807, 2.05) is 30.3 Å². The van der Waals surface area contributed by atoms with E-state index >= 15 is 0 Å². The number of carbonyl (C=O) groups excluding carboxylic acids is 2. The van der Waals surface area contributed by atoms with Gasteiger partial charge in [0.1, 0.15) is 18.4 Å². The number of nitrogens with zero attached hydrogens (tertiary/aromatic N) is 1. The SMILES string of the molecule is CN1CC(=O)CCC1C(=O)OCc1ccccc1. The highest BCUT2D eigenvalue weighted by Crippen LogP contribution is 2.15. The number of rotatable bonds is 3. The Morgan fingerprint density at radius 3 is 2.78 bits per heavy atom. The van der Waals surface area contributed by atoms with Gasteiger partial charge in [0.25, 0.3) is 0 Å². The quantitative estimate of drug-likeness (QED) is 0.757. The summed E-state index contributed by atoms with van der Waals surface area (Å²) in [7, 11) is 1.78. The van der Waals surface area contributed by atoms with Gasteiger partial charge in [0.05, 0.1) is 6.54 Å². The lowest BCUT2D eigenvalue weighted by atomic mass is 10.0. The molecule has 0 saturated carbocycles. The zero-order valence-corrected chi connectivity index (χ0v) is 10.5. The highest BCUT2D eigenvalue weighted by Gasteiger charge is 2.30. The van der Waals surface area contributed by atoms with Gasteiger partial charge in [-0.15, -0.1) is 0 Å². The van der Waals surface area contributed by atoms with Crippen molar-refractivity contribution < 1.29 is 14.3 Å². The Hall–Kier alpha value is -1.68. The maximum absolute atomic E-state index is 11.9. The second-order valence-corrected chi connectivity index (χ2v) is 4.60. The van der Waals surface area contributed by atoms with Crippen LogP contribution >= 0.6 is 0 Å². The number of carbonyl (C=O) groups is 2. The van der Waals surface area contributed by atoms with Crippen molar-refractivity contribution in [1.82, 2.24) is 4.90 Å². The number of esters is 1. The molecule has 4 heteroatoms.